The molecule has 1 aliphatic carbocycles. The minimum absolute atomic E-state index is 0.0250. The summed E-state index contributed by atoms with van der Waals surface area (Å²) in [5, 5.41) is 5.26. The van der Waals surface area contributed by atoms with E-state index < -0.39 is 0 Å². The first-order chi connectivity index (χ1) is 18.3. The van der Waals surface area contributed by atoms with Gasteiger partial charge in [-0.3, -0.25) is 0 Å². The Morgan fingerprint density at radius 1 is 0.447 bits per heavy atom. The van der Waals surface area contributed by atoms with Crippen LogP contribution < -0.4 is 0 Å². The predicted octanol–water partition coefficient (Wildman–Crippen LogP) is 10.6. The molecule has 0 saturated carbocycles. The van der Waals surface area contributed by atoms with Crippen LogP contribution in [0.1, 0.15) is 41.7 Å². The normalized spacial score (nSPS) is 13.6. The fraction of sp³-hybridized carbons (Fsp3) is 0.158. The van der Waals surface area contributed by atoms with Crippen LogP contribution in [0.15, 0.2) is 103 Å². The molecule has 0 amide bonds. The largest absolute Gasteiger partial charge is 0.0619 e. The molecule has 0 aliphatic heterocycles. The van der Waals surface area contributed by atoms with Gasteiger partial charge < -0.3 is 0 Å². The van der Waals surface area contributed by atoms with Crippen LogP contribution in [0.5, 0.6) is 0 Å². The van der Waals surface area contributed by atoms with Gasteiger partial charge in [0, 0.05) is 5.41 Å². The molecule has 0 nitrogen and oxygen atoms in total. The minimum Gasteiger partial charge on any atom is -0.0619 e. The molecule has 0 unspecified atom stereocenters. The Labute approximate surface area is 225 Å². The molecule has 6 aromatic rings. The van der Waals surface area contributed by atoms with Crippen molar-refractivity contribution in [2.75, 3.05) is 0 Å². The average molecular weight is 489 g/mol. The summed E-state index contributed by atoms with van der Waals surface area (Å²) in [5.41, 5.74) is 14.7. The highest BCUT2D eigenvalue weighted by molar-refractivity contribution is 6.21. The molecule has 0 radical (unpaired) electrons. The molecule has 0 aromatic heterocycles. The van der Waals surface area contributed by atoms with Crippen molar-refractivity contribution in [3.05, 3.63) is 131 Å². The summed E-state index contributed by atoms with van der Waals surface area (Å²) in [4.78, 5) is 0. The van der Waals surface area contributed by atoms with E-state index in [1.165, 1.54) is 82.7 Å². The highest BCUT2D eigenvalue weighted by atomic mass is 14.4. The van der Waals surface area contributed by atoms with Gasteiger partial charge in [0.2, 0.25) is 0 Å². The number of fused-ring (bicyclic) bond motifs is 5. The monoisotopic (exact) mass is 488 g/mol. The zero-order valence-electron chi connectivity index (χ0n) is 22.8. The maximum Gasteiger partial charge on any atom is 0.0159 e. The second kappa shape index (κ2) is 8.17. The molecule has 38 heavy (non-hydrogen) atoms. The van der Waals surface area contributed by atoms with Crippen LogP contribution in [0.3, 0.4) is 0 Å². The molecule has 0 heterocycles. The molecule has 0 N–H and O–H groups in total. The maximum atomic E-state index is 2.47. The second-order valence-corrected chi connectivity index (χ2v) is 11.6. The minimum atomic E-state index is -0.0250. The first-order valence-electron chi connectivity index (χ1n) is 13.6. The Bertz CT molecular complexity index is 1920. The van der Waals surface area contributed by atoms with Crippen molar-refractivity contribution in [3.8, 4) is 33.4 Å². The van der Waals surface area contributed by atoms with E-state index in [9.17, 15) is 0 Å². The molecule has 7 rings (SSSR count). The fourth-order valence-electron chi connectivity index (χ4n) is 6.67. The second-order valence-electron chi connectivity index (χ2n) is 11.6. The Hall–Kier alpha value is -4.16. The van der Waals surface area contributed by atoms with Crippen LogP contribution in [0.4, 0.5) is 0 Å². The van der Waals surface area contributed by atoms with Gasteiger partial charge in [-0.2, -0.15) is 0 Å². The molecule has 184 valence electrons. The fourth-order valence-corrected chi connectivity index (χ4v) is 6.67. The summed E-state index contributed by atoms with van der Waals surface area (Å²) in [5.74, 6) is 0. The summed E-state index contributed by atoms with van der Waals surface area (Å²) in [6, 6.07) is 38.9. The van der Waals surface area contributed by atoms with Gasteiger partial charge in [0.25, 0.3) is 0 Å². The molecule has 6 aromatic carbocycles. The molecule has 1 aliphatic rings. The standard InChI is InChI=1S/C38H32/c1-23-14-18-32-33(20-23)37(27-17-19-29-28-10-8-9-13-34(28)38(4,5)35(29)22-27)31-12-7-6-11-30(31)36(32)26-16-15-24(2)25(3)21-26/h6-22H,1-5H3. The molecule has 0 bridgehead atoms. The average Bonchev–Trinajstić information content (AvgIpc) is 3.15. The third-order valence-corrected chi connectivity index (χ3v) is 8.85. The van der Waals surface area contributed by atoms with Gasteiger partial charge in [-0.25, -0.2) is 0 Å². The number of aryl methyl sites for hydroxylation is 3. The van der Waals surface area contributed by atoms with E-state index in [1.54, 1.807) is 0 Å². The summed E-state index contributed by atoms with van der Waals surface area (Å²) in [6.07, 6.45) is 0. The predicted molar refractivity (Wildman–Crippen MR) is 164 cm³/mol. The Balaban J connectivity index is 1.58. The SMILES string of the molecule is Cc1ccc2c(-c3ccc(C)c(C)c3)c3ccccc3c(-c3ccc4c(c3)C(C)(C)c3ccccc3-4)c2c1. The summed E-state index contributed by atoms with van der Waals surface area (Å²) in [6.45, 7) is 11.3. The zero-order chi connectivity index (χ0) is 26.2. The van der Waals surface area contributed by atoms with E-state index in [1.807, 2.05) is 0 Å². The van der Waals surface area contributed by atoms with Crippen LogP contribution >= 0.6 is 0 Å². The van der Waals surface area contributed by atoms with Crippen LogP contribution in [-0.4, -0.2) is 0 Å². The Morgan fingerprint density at radius 3 is 1.82 bits per heavy atom. The lowest BCUT2D eigenvalue weighted by Crippen LogP contribution is -2.14. The van der Waals surface area contributed by atoms with Crippen molar-refractivity contribution in [2.45, 2.75) is 40.0 Å². The van der Waals surface area contributed by atoms with E-state index >= 15 is 0 Å². The summed E-state index contributed by atoms with van der Waals surface area (Å²) < 4.78 is 0. The molecule has 0 heteroatoms. The molecule has 0 atom stereocenters. The maximum absolute atomic E-state index is 2.47. The quantitative estimate of drug-likeness (QED) is 0.213. The van der Waals surface area contributed by atoms with Gasteiger partial charge in [0.1, 0.15) is 0 Å². The van der Waals surface area contributed by atoms with E-state index in [0.717, 1.165) is 0 Å². The molecule has 0 saturated heterocycles. The van der Waals surface area contributed by atoms with Gasteiger partial charge in [-0.1, -0.05) is 116 Å². The highest BCUT2D eigenvalue weighted by Gasteiger charge is 2.35. The smallest absolute Gasteiger partial charge is 0.0159 e. The number of hydrogen-bond acceptors (Lipinski definition) is 0. The van der Waals surface area contributed by atoms with E-state index in [0.29, 0.717) is 0 Å². The van der Waals surface area contributed by atoms with Crippen molar-refractivity contribution >= 4 is 21.5 Å². The van der Waals surface area contributed by atoms with Crippen molar-refractivity contribution in [1.82, 2.24) is 0 Å². The van der Waals surface area contributed by atoms with Crippen molar-refractivity contribution < 1.29 is 0 Å². The number of benzene rings is 6. The lowest BCUT2D eigenvalue weighted by atomic mass is 9.80. The topological polar surface area (TPSA) is 0 Å². The van der Waals surface area contributed by atoms with E-state index in [4.69, 9.17) is 0 Å². The third-order valence-electron chi connectivity index (χ3n) is 8.85. The highest BCUT2D eigenvalue weighted by Crippen LogP contribution is 2.51. The van der Waals surface area contributed by atoms with Crippen LogP contribution in [0.25, 0.3) is 54.9 Å². The molecular formula is C38H32. The van der Waals surface area contributed by atoms with Crippen molar-refractivity contribution in [1.29, 1.82) is 0 Å². The van der Waals surface area contributed by atoms with Gasteiger partial charge in [-0.05, 0) is 104 Å². The zero-order valence-corrected chi connectivity index (χ0v) is 22.8. The van der Waals surface area contributed by atoms with Crippen molar-refractivity contribution in [3.63, 3.8) is 0 Å². The van der Waals surface area contributed by atoms with Crippen LogP contribution in [-0.2, 0) is 5.41 Å². The van der Waals surface area contributed by atoms with Crippen LogP contribution in [0, 0.1) is 20.8 Å². The Morgan fingerprint density at radius 2 is 1.05 bits per heavy atom. The van der Waals surface area contributed by atoms with Gasteiger partial charge in [-0.15, -0.1) is 0 Å². The van der Waals surface area contributed by atoms with Gasteiger partial charge in [0.05, 0.1) is 0 Å². The lowest BCUT2D eigenvalue weighted by molar-refractivity contribution is 0.660. The van der Waals surface area contributed by atoms with Gasteiger partial charge in [0.15, 0.2) is 0 Å². The molecule has 0 fully saturated rings. The third kappa shape index (κ3) is 3.23. The first kappa shape index (κ1) is 23.0. The Kier molecular flexibility index (Phi) is 4.94. The van der Waals surface area contributed by atoms with E-state index in [-0.39, 0.29) is 5.41 Å². The van der Waals surface area contributed by atoms with Crippen molar-refractivity contribution in [2.24, 2.45) is 0 Å². The summed E-state index contributed by atoms with van der Waals surface area (Å²) >= 11 is 0. The lowest BCUT2D eigenvalue weighted by Gasteiger charge is -2.23. The number of hydrogen-bond donors (Lipinski definition) is 0. The first-order valence-corrected chi connectivity index (χ1v) is 13.6. The molecule has 0 spiro atoms. The van der Waals surface area contributed by atoms with Gasteiger partial charge >= 0.3 is 0 Å². The summed E-state index contributed by atoms with van der Waals surface area (Å²) in [7, 11) is 0. The van der Waals surface area contributed by atoms with Crippen LogP contribution in [0.2, 0.25) is 0 Å². The van der Waals surface area contributed by atoms with E-state index in [2.05, 4.69) is 138 Å². The molecular weight excluding hydrogens is 456 g/mol. The number of rotatable bonds is 2.